The van der Waals surface area contributed by atoms with Gasteiger partial charge >= 0.3 is 5.69 Å². The smallest absolute Gasteiger partial charge is 0.312 e. The Balaban J connectivity index is 1.41. The summed E-state index contributed by atoms with van der Waals surface area (Å²) in [5.41, 5.74) is 1.40. The Kier molecular flexibility index (Phi) is 6.73. The lowest BCUT2D eigenvalue weighted by atomic mass is 10.0. The SMILES string of the molecule is COc1ccc(Oc2ccc(/C=N/n3c(Cc4cccc5ccccc45)n[nH]c3=S)cc2[N+](=O)[O-])cc1. The zero-order valence-electron chi connectivity index (χ0n) is 19.7. The van der Waals surface area contributed by atoms with E-state index in [-0.39, 0.29) is 11.4 Å². The highest BCUT2D eigenvalue weighted by molar-refractivity contribution is 7.71. The van der Waals surface area contributed by atoms with Crippen LogP contribution in [0.1, 0.15) is 17.0 Å². The number of aromatic amines is 1. The van der Waals surface area contributed by atoms with Crippen molar-refractivity contribution in [3.63, 3.8) is 0 Å². The average molecular weight is 512 g/mol. The molecule has 4 aromatic carbocycles. The van der Waals surface area contributed by atoms with Crippen LogP contribution in [-0.4, -0.2) is 33.1 Å². The number of hydrogen-bond donors (Lipinski definition) is 1. The van der Waals surface area contributed by atoms with Gasteiger partial charge in [-0.25, -0.2) is 0 Å². The lowest BCUT2D eigenvalue weighted by Crippen LogP contribution is -2.01. The van der Waals surface area contributed by atoms with Crippen molar-refractivity contribution in [2.45, 2.75) is 6.42 Å². The van der Waals surface area contributed by atoms with Crippen LogP contribution < -0.4 is 9.47 Å². The van der Waals surface area contributed by atoms with E-state index in [0.29, 0.717) is 34.1 Å². The summed E-state index contributed by atoms with van der Waals surface area (Å²) in [7, 11) is 1.56. The molecule has 9 nitrogen and oxygen atoms in total. The summed E-state index contributed by atoms with van der Waals surface area (Å²) in [6.45, 7) is 0. The van der Waals surface area contributed by atoms with Gasteiger partial charge in [0.15, 0.2) is 5.82 Å². The van der Waals surface area contributed by atoms with Crippen LogP contribution in [0.4, 0.5) is 5.69 Å². The van der Waals surface area contributed by atoms with Crippen LogP contribution >= 0.6 is 12.2 Å². The van der Waals surface area contributed by atoms with Crippen LogP contribution in [0, 0.1) is 14.9 Å². The molecule has 1 aromatic heterocycles. The highest BCUT2D eigenvalue weighted by Gasteiger charge is 2.17. The molecule has 0 fully saturated rings. The first-order chi connectivity index (χ1) is 18.0. The van der Waals surface area contributed by atoms with E-state index in [4.69, 9.17) is 21.7 Å². The third-order valence-electron chi connectivity index (χ3n) is 5.74. The molecule has 0 atom stereocenters. The van der Waals surface area contributed by atoms with Crippen molar-refractivity contribution in [3.05, 3.63) is 117 Å². The summed E-state index contributed by atoms with van der Waals surface area (Å²) in [5.74, 6) is 1.84. The fourth-order valence-electron chi connectivity index (χ4n) is 3.91. The Hall–Kier alpha value is -4.83. The molecule has 0 aliphatic carbocycles. The first kappa shape index (κ1) is 23.9. The molecule has 0 unspecified atom stereocenters. The van der Waals surface area contributed by atoms with E-state index in [1.54, 1.807) is 37.4 Å². The van der Waals surface area contributed by atoms with Gasteiger partial charge in [0.2, 0.25) is 10.5 Å². The van der Waals surface area contributed by atoms with E-state index in [0.717, 1.165) is 16.3 Å². The number of benzene rings is 4. The number of rotatable bonds is 8. The van der Waals surface area contributed by atoms with Crippen molar-refractivity contribution in [1.82, 2.24) is 14.9 Å². The maximum Gasteiger partial charge on any atom is 0.312 e. The molecule has 5 aromatic rings. The van der Waals surface area contributed by atoms with Crippen LogP contribution in [-0.2, 0) is 6.42 Å². The Morgan fingerprint density at radius 2 is 1.81 bits per heavy atom. The number of H-pyrrole nitrogens is 1. The van der Waals surface area contributed by atoms with E-state index in [2.05, 4.69) is 33.5 Å². The van der Waals surface area contributed by atoms with E-state index in [1.807, 2.05) is 24.3 Å². The minimum absolute atomic E-state index is 0.115. The topological polar surface area (TPSA) is 108 Å². The lowest BCUT2D eigenvalue weighted by Gasteiger charge is -2.08. The van der Waals surface area contributed by atoms with Gasteiger partial charge in [-0.3, -0.25) is 15.2 Å². The molecule has 0 saturated heterocycles. The second kappa shape index (κ2) is 10.4. The summed E-state index contributed by atoms with van der Waals surface area (Å²) in [4.78, 5) is 11.2. The van der Waals surface area contributed by atoms with Crippen molar-refractivity contribution in [3.8, 4) is 17.2 Å². The third-order valence-corrected chi connectivity index (χ3v) is 6.00. The summed E-state index contributed by atoms with van der Waals surface area (Å²) in [6, 6.07) is 25.6. The number of hydrogen-bond acceptors (Lipinski definition) is 7. The zero-order valence-corrected chi connectivity index (χ0v) is 20.5. The Morgan fingerprint density at radius 3 is 2.59 bits per heavy atom. The number of ether oxygens (including phenoxy) is 2. The van der Waals surface area contributed by atoms with Gasteiger partial charge in [-0.05, 0) is 65.0 Å². The molecule has 0 aliphatic heterocycles. The molecule has 0 bridgehead atoms. The Morgan fingerprint density at radius 1 is 1.05 bits per heavy atom. The number of aromatic nitrogens is 3. The first-order valence-corrected chi connectivity index (χ1v) is 11.7. The van der Waals surface area contributed by atoms with Crippen molar-refractivity contribution in [2.24, 2.45) is 5.10 Å². The molecule has 0 aliphatic rings. The summed E-state index contributed by atoms with van der Waals surface area (Å²) >= 11 is 5.37. The van der Waals surface area contributed by atoms with Gasteiger partial charge in [0.05, 0.1) is 18.2 Å². The molecular weight excluding hydrogens is 490 g/mol. The highest BCUT2D eigenvalue weighted by Crippen LogP contribution is 2.32. The quantitative estimate of drug-likeness (QED) is 0.114. The third kappa shape index (κ3) is 5.24. The number of methoxy groups -OCH3 is 1. The van der Waals surface area contributed by atoms with Gasteiger partial charge < -0.3 is 9.47 Å². The summed E-state index contributed by atoms with van der Waals surface area (Å²) < 4.78 is 12.7. The van der Waals surface area contributed by atoms with E-state index in [9.17, 15) is 10.1 Å². The van der Waals surface area contributed by atoms with Gasteiger partial charge in [-0.15, -0.1) is 0 Å². The van der Waals surface area contributed by atoms with Crippen molar-refractivity contribution in [1.29, 1.82) is 0 Å². The van der Waals surface area contributed by atoms with Crippen molar-refractivity contribution in [2.75, 3.05) is 7.11 Å². The molecular formula is C27H21N5O4S. The maximum absolute atomic E-state index is 11.7. The van der Waals surface area contributed by atoms with Gasteiger partial charge in [0.1, 0.15) is 11.5 Å². The maximum atomic E-state index is 11.7. The fourth-order valence-corrected chi connectivity index (χ4v) is 4.11. The molecule has 10 heteroatoms. The van der Waals surface area contributed by atoms with E-state index < -0.39 is 4.92 Å². The number of nitrogens with zero attached hydrogens (tertiary/aromatic N) is 4. The molecule has 37 heavy (non-hydrogen) atoms. The summed E-state index contributed by atoms with van der Waals surface area (Å²) in [6.07, 6.45) is 2.00. The molecule has 0 amide bonds. The highest BCUT2D eigenvalue weighted by atomic mass is 32.1. The Bertz CT molecular complexity index is 1670. The predicted molar refractivity (Wildman–Crippen MR) is 143 cm³/mol. The van der Waals surface area contributed by atoms with Crippen molar-refractivity contribution < 1.29 is 14.4 Å². The number of nitro groups is 1. The van der Waals surface area contributed by atoms with Crippen LogP contribution in [0.25, 0.3) is 10.8 Å². The number of nitro benzene ring substituents is 1. The molecule has 0 saturated carbocycles. The largest absolute Gasteiger partial charge is 0.497 e. The van der Waals surface area contributed by atoms with Gasteiger partial charge in [0.25, 0.3) is 0 Å². The second-order valence-corrected chi connectivity index (χ2v) is 8.46. The number of fused-ring (bicyclic) bond motifs is 1. The van der Waals surface area contributed by atoms with Crippen LogP contribution in [0.3, 0.4) is 0 Å². The molecule has 0 radical (unpaired) electrons. The predicted octanol–water partition coefficient (Wildman–Crippen LogP) is 6.28. The lowest BCUT2D eigenvalue weighted by molar-refractivity contribution is -0.385. The first-order valence-electron chi connectivity index (χ1n) is 11.3. The minimum Gasteiger partial charge on any atom is -0.497 e. The van der Waals surface area contributed by atoms with Gasteiger partial charge in [0, 0.05) is 18.1 Å². The van der Waals surface area contributed by atoms with E-state index in [1.165, 1.54) is 23.0 Å². The number of nitrogens with one attached hydrogen (secondary N) is 1. The van der Waals surface area contributed by atoms with Gasteiger partial charge in [-0.2, -0.15) is 14.9 Å². The zero-order chi connectivity index (χ0) is 25.8. The normalized spacial score (nSPS) is 11.2. The standard InChI is InChI=1S/C27H21N5O4S/c1-35-21-10-12-22(13-11-21)36-25-14-9-18(15-24(25)32(33)34)17-28-31-26(29-30-27(31)37)16-20-7-4-6-19-5-2-3-8-23(19)20/h2-15,17H,16H2,1H3,(H,30,37)/b28-17+. The molecule has 0 spiro atoms. The Labute approximate surface area is 216 Å². The second-order valence-electron chi connectivity index (χ2n) is 8.08. The summed E-state index contributed by atoms with van der Waals surface area (Å²) in [5, 5.41) is 25.6. The molecule has 1 heterocycles. The molecule has 1 N–H and O–H groups in total. The molecule has 184 valence electrons. The van der Waals surface area contributed by atoms with Crippen LogP contribution in [0.2, 0.25) is 0 Å². The minimum atomic E-state index is -0.494. The fraction of sp³-hybridized carbons (Fsp3) is 0.0741. The van der Waals surface area contributed by atoms with Crippen LogP contribution in [0.15, 0.2) is 90.0 Å². The van der Waals surface area contributed by atoms with Crippen LogP contribution in [0.5, 0.6) is 17.2 Å². The monoisotopic (exact) mass is 511 g/mol. The van der Waals surface area contributed by atoms with E-state index >= 15 is 0 Å². The average Bonchev–Trinajstić information content (AvgIpc) is 3.27. The molecule has 5 rings (SSSR count). The van der Waals surface area contributed by atoms with Gasteiger partial charge in [-0.1, -0.05) is 42.5 Å². The van der Waals surface area contributed by atoms with Crippen molar-refractivity contribution >= 4 is 34.9 Å².